The largest absolute Gasteiger partial charge is 0.496 e. The molecule has 0 radical (unpaired) electrons. The Morgan fingerprint density at radius 1 is 1.32 bits per heavy atom. The monoisotopic (exact) mass is 265 g/mol. The number of aliphatic hydroxyl groups is 1. The first kappa shape index (κ1) is 16.0. The lowest BCUT2D eigenvalue weighted by atomic mass is 9.85. The van der Waals surface area contributed by atoms with Crippen LogP contribution in [0.5, 0.6) is 5.75 Å². The molecule has 1 atom stereocenters. The molecule has 2 N–H and O–H groups in total. The van der Waals surface area contributed by atoms with E-state index in [1.807, 2.05) is 6.07 Å². The molecular formula is C16H27NO2. The number of methoxy groups -OCH3 is 1. The topological polar surface area (TPSA) is 41.5 Å². The standard InChI is InChI=1S/C16H27NO2/c1-12-10-13(6-7-14(12)19-5)11-17-15(8-9-18)16(2,3)4/h6-7,10,15,17-18H,8-9,11H2,1-5H3. The van der Waals surface area contributed by atoms with E-state index >= 15 is 0 Å². The van der Waals surface area contributed by atoms with Gasteiger partial charge in [-0.05, 0) is 36.0 Å². The van der Waals surface area contributed by atoms with Crippen molar-refractivity contribution in [2.75, 3.05) is 13.7 Å². The first-order valence-corrected chi connectivity index (χ1v) is 6.86. The second kappa shape index (κ2) is 6.92. The predicted octanol–water partition coefficient (Wildman–Crippen LogP) is 2.89. The average Bonchev–Trinajstić information content (AvgIpc) is 2.33. The summed E-state index contributed by atoms with van der Waals surface area (Å²) in [6, 6.07) is 6.53. The Labute approximate surface area is 117 Å². The number of hydrogen-bond donors (Lipinski definition) is 2. The first-order chi connectivity index (χ1) is 8.88. The van der Waals surface area contributed by atoms with Crippen molar-refractivity contribution < 1.29 is 9.84 Å². The number of benzene rings is 1. The van der Waals surface area contributed by atoms with Gasteiger partial charge in [0, 0.05) is 19.2 Å². The normalized spacial score (nSPS) is 13.4. The van der Waals surface area contributed by atoms with Crippen molar-refractivity contribution >= 4 is 0 Å². The average molecular weight is 265 g/mol. The number of nitrogens with one attached hydrogen (secondary N) is 1. The minimum atomic E-state index is 0.143. The molecule has 0 aliphatic heterocycles. The van der Waals surface area contributed by atoms with Crippen molar-refractivity contribution in [2.24, 2.45) is 5.41 Å². The van der Waals surface area contributed by atoms with Crippen molar-refractivity contribution in [1.29, 1.82) is 0 Å². The molecule has 0 aliphatic carbocycles. The fourth-order valence-electron chi connectivity index (χ4n) is 2.26. The van der Waals surface area contributed by atoms with Crippen LogP contribution >= 0.6 is 0 Å². The summed E-state index contributed by atoms with van der Waals surface area (Å²) in [4.78, 5) is 0. The number of hydrogen-bond acceptors (Lipinski definition) is 3. The molecule has 3 nitrogen and oxygen atoms in total. The molecule has 0 amide bonds. The quantitative estimate of drug-likeness (QED) is 0.831. The second-order valence-electron chi connectivity index (χ2n) is 6.12. The SMILES string of the molecule is COc1ccc(CNC(CCO)C(C)(C)C)cc1C. The molecule has 0 spiro atoms. The Kier molecular flexibility index (Phi) is 5.83. The highest BCUT2D eigenvalue weighted by Gasteiger charge is 2.23. The van der Waals surface area contributed by atoms with Gasteiger partial charge in [0.15, 0.2) is 0 Å². The van der Waals surface area contributed by atoms with E-state index in [1.54, 1.807) is 7.11 Å². The Morgan fingerprint density at radius 2 is 2.00 bits per heavy atom. The Hall–Kier alpha value is -1.06. The van der Waals surface area contributed by atoms with Crippen LogP contribution in [0.25, 0.3) is 0 Å². The second-order valence-corrected chi connectivity index (χ2v) is 6.12. The molecule has 0 saturated heterocycles. The van der Waals surface area contributed by atoms with Crippen molar-refractivity contribution in [2.45, 2.75) is 46.7 Å². The van der Waals surface area contributed by atoms with Gasteiger partial charge in [0.2, 0.25) is 0 Å². The van der Waals surface area contributed by atoms with E-state index in [4.69, 9.17) is 9.84 Å². The third kappa shape index (κ3) is 4.84. The predicted molar refractivity (Wildman–Crippen MR) is 79.5 cm³/mol. The zero-order chi connectivity index (χ0) is 14.5. The highest BCUT2D eigenvalue weighted by Crippen LogP contribution is 2.23. The highest BCUT2D eigenvalue weighted by atomic mass is 16.5. The molecule has 0 bridgehead atoms. The van der Waals surface area contributed by atoms with E-state index in [0.717, 1.165) is 24.3 Å². The molecule has 0 aromatic heterocycles. The fraction of sp³-hybridized carbons (Fsp3) is 0.625. The number of rotatable bonds is 6. The van der Waals surface area contributed by atoms with Crippen LogP contribution in [0, 0.1) is 12.3 Å². The number of aliphatic hydroxyl groups excluding tert-OH is 1. The molecule has 1 unspecified atom stereocenters. The van der Waals surface area contributed by atoms with Crippen molar-refractivity contribution in [3.63, 3.8) is 0 Å². The molecule has 0 heterocycles. The summed E-state index contributed by atoms with van der Waals surface area (Å²) in [5.74, 6) is 0.923. The molecule has 1 aromatic carbocycles. The molecule has 0 saturated carbocycles. The van der Waals surface area contributed by atoms with E-state index in [2.05, 4.69) is 45.1 Å². The van der Waals surface area contributed by atoms with Crippen LogP contribution in [0.4, 0.5) is 0 Å². The molecule has 0 aliphatic rings. The maximum Gasteiger partial charge on any atom is 0.121 e. The number of aryl methyl sites for hydroxylation is 1. The van der Waals surface area contributed by atoms with Gasteiger partial charge in [-0.1, -0.05) is 32.9 Å². The maximum atomic E-state index is 9.15. The van der Waals surface area contributed by atoms with Crippen LogP contribution in [0.1, 0.15) is 38.3 Å². The van der Waals surface area contributed by atoms with E-state index in [0.29, 0.717) is 6.04 Å². The summed E-state index contributed by atoms with van der Waals surface area (Å²) < 4.78 is 5.26. The van der Waals surface area contributed by atoms with Gasteiger partial charge in [-0.2, -0.15) is 0 Å². The molecule has 108 valence electrons. The van der Waals surface area contributed by atoms with Crippen molar-refractivity contribution in [3.05, 3.63) is 29.3 Å². The Morgan fingerprint density at radius 3 is 2.47 bits per heavy atom. The minimum absolute atomic E-state index is 0.143. The lowest BCUT2D eigenvalue weighted by Gasteiger charge is -2.31. The first-order valence-electron chi connectivity index (χ1n) is 6.86. The van der Waals surface area contributed by atoms with E-state index < -0.39 is 0 Å². The van der Waals surface area contributed by atoms with E-state index in [-0.39, 0.29) is 12.0 Å². The summed E-state index contributed by atoms with van der Waals surface area (Å²) >= 11 is 0. The van der Waals surface area contributed by atoms with Gasteiger partial charge in [-0.25, -0.2) is 0 Å². The van der Waals surface area contributed by atoms with Crippen molar-refractivity contribution in [3.8, 4) is 5.75 Å². The Balaban J connectivity index is 2.66. The maximum absolute atomic E-state index is 9.15. The van der Waals surface area contributed by atoms with Gasteiger partial charge in [-0.15, -0.1) is 0 Å². The molecule has 19 heavy (non-hydrogen) atoms. The van der Waals surface area contributed by atoms with Crippen LogP contribution in [-0.2, 0) is 6.54 Å². The lowest BCUT2D eigenvalue weighted by molar-refractivity contribution is 0.196. The minimum Gasteiger partial charge on any atom is -0.496 e. The summed E-state index contributed by atoms with van der Waals surface area (Å²) in [5, 5.41) is 12.7. The van der Waals surface area contributed by atoms with Crippen LogP contribution in [-0.4, -0.2) is 24.9 Å². The van der Waals surface area contributed by atoms with Crippen molar-refractivity contribution in [1.82, 2.24) is 5.32 Å². The van der Waals surface area contributed by atoms with Gasteiger partial charge in [0.25, 0.3) is 0 Å². The van der Waals surface area contributed by atoms with Gasteiger partial charge in [0.05, 0.1) is 7.11 Å². The third-order valence-electron chi connectivity index (χ3n) is 3.48. The van der Waals surface area contributed by atoms with Gasteiger partial charge >= 0.3 is 0 Å². The Bertz CT molecular complexity index is 396. The van der Waals surface area contributed by atoms with E-state index in [1.165, 1.54) is 5.56 Å². The smallest absolute Gasteiger partial charge is 0.121 e. The summed E-state index contributed by atoms with van der Waals surface area (Å²) in [7, 11) is 1.69. The van der Waals surface area contributed by atoms with Gasteiger partial charge in [0.1, 0.15) is 5.75 Å². The van der Waals surface area contributed by atoms with Crippen LogP contribution in [0.15, 0.2) is 18.2 Å². The van der Waals surface area contributed by atoms with Gasteiger partial charge in [-0.3, -0.25) is 0 Å². The molecule has 1 rings (SSSR count). The molecule has 1 aromatic rings. The zero-order valence-electron chi connectivity index (χ0n) is 12.8. The fourth-order valence-corrected chi connectivity index (χ4v) is 2.26. The van der Waals surface area contributed by atoms with Gasteiger partial charge < -0.3 is 15.2 Å². The summed E-state index contributed by atoms with van der Waals surface area (Å²) in [6.45, 7) is 9.67. The lowest BCUT2D eigenvalue weighted by Crippen LogP contribution is -2.40. The summed E-state index contributed by atoms with van der Waals surface area (Å²) in [6.07, 6.45) is 0.776. The zero-order valence-corrected chi connectivity index (χ0v) is 12.8. The molecular weight excluding hydrogens is 238 g/mol. The van der Waals surface area contributed by atoms with Crippen LogP contribution in [0.3, 0.4) is 0 Å². The van der Waals surface area contributed by atoms with Crippen LogP contribution < -0.4 is 10.1 Å². The molecule has 3 heteroatoms. The molecule has 0 fully saturated rings. The third-order valence-corrected chi connectivity index (χ3v) is 3.48. The number of ether oxygens (including phenoxy) is 1. The highest BCUT2D eigenvalue weighted by molar-refractivity contribution is 5.36. The summed E-state index contributed by atoms with van der Waals surface area (Å²) in [5.41, 5.74) is 2.53. The van der Waals surface area contributed by atoms with E-state index in [9.17, 15) is 0 Å². The van der Waals surface area contributed by atoms with Crippen LogP contribution in [0.2, 0.25) is 0 Å².